The van der Waals surface area contributed by atoms with E-state index in [1.54, 1.807) is 19.1 Å². The molecule has 1 heterocycles. The van der Waals surface area contributed by atoms with Crippen LogP contribution in [0.1, 0.15) is 12.5 Å². The monoisotopic (exact) mass is 381 g/mol. The Morgan fingerprint density at radius 3 is 2.23 bits per heavy atom. The molecule has 8 nitrogen and oxygen atoms in total. The lowest BCUT2D eigenvalue weighted by molar-refractivity contribution is -0.145. The van der Waals surface area contributed by atoms with Gasteiger partial charge in [-0.15, -0.1) is 0 Å². The van der Waals surface area contributed by atoms with Crippen LogP contribution in [0.2, 0.25) is 0 Å². The Balaban J connectivity index is 2.31. The zero-order chi connectivity index (χ0) is 19.3. The third-order valence-electron chi connectivity index (χ3n) is 3.45. The average Bonchev–Trinajstić information content (AvgIpc) is 2.88. The van der Waals surface area contributed by atoms with Gasteiger partial charge >= 0.3 is 5.97 Å². The first-order chi connectivity index (χ1) is 12.4. The first-order valence-corrected chi connectivity index (χ1v) is 8.47. The molecule has 1 saturated heterocycles. The number of thioether (sulfide) groups is 1. The van der Waals surface area contributed by atoms with Crippen molar-refractivity contribution in [3.8, 4) is 17.2 Å². The number of ether oxygens (including phenoxy) is 4. The van der Waals surface area contributed by atoms with Crippen molar-refractivity contribution in [3.05, 3.63) is 22.6 Å². The summed E-state index contributed by atoms with van der Waals surface area (Å²) in [5.41, 5.74) is 0.584. The molecule has 0 aliphatic carbocycles. The van der Waals surface area contributed by atoms with Crippen molar-refractivity contribution >= 4 is 35.0 Å². The van der Waals surface area contributed by atoms with E-state index in [1.165, 1.54) is 27.4 Å². The van der Waals surface area contributed by atoms with Gasteiger partial charge in [-0.1, -0.05) is 0 Å². The molecule has 1 fully saturated rings. The van der Waals surface area contributed by atoms with Gasteiger partial charge in [0, 0.05) is 0 Å². The lowest BCUT2D eigenvalue weighted by Gasteiger charge is -2.13. The number of carbonyl (C=O) groups is 3. The van der Waals surface area contributed by atoms with Gasteiger partial charge in [0.25, 0.3) is 11.1 Å². The zero-order valence-corrected chi connectivity index (χ0v) is 15.7. The smallest absolute Gasteiger partial charge is 0.326 e. The number of carbonyl (C=O) groups excluding carboxylic acids is 3. The molecule has 0 atom stereocenters. The molecule has 2 rings (SSSR count). The van der Waals surface area contributed by atoms with E-state index in [2.05, 4.69) is 0 Å². The largest absolute Gasteiger partial charge is 0.493 e. The highest BCUT2D eigenvalue weighted by atomic mass is 32.2. The number of methoxy groups -OCH3 is 3. The molecular formula is C17H19NO7S. The molecule has 0 bridgehead atoms. The number of rotatable bonds is 7. The highest BCUT2D eigenvalue weighted by Gasteiger charge is 2.36. The summed E-state index contributed by atoms with van der Waals surface area (Å²) < 4.78 is 20.6. The Hall–Kier alpha value is -2.68. The molecule has 0 unspecified atom stereocenters. The number of hydrogen-bond donors (Lipinski definition) is 0. The molecule has 9 heteroatoms. The Bertz CT molecular complexity index is 734. The summed E-state index contributed by atoms with van der Waals surface area (Å²) in [6.07, 6.45) is 1.53. The molecule has 26 heavy (non-hydrogen) atoms. The van der Waals surface area contributed by atoms with Gasteiger partial charge in [0.05, 0.1) is 32.8 Å². The summed E-state index contributed by atoms with van der Waals surface area (Å²) in [7, 11) is 4.45. The predicted molar refractivity (Wildman–Crippen MR) is 95.4 cm³/mol. The van der Waals surface area contributed by atoms with Crippen LogP contribution >= 0.6 is 11.8 Å². The topological polar surface area (TPSA) is 91.4 Å². The molecule has 1 aromatic carbocycles. The van der Waals surface area contributed by atoms with Gasteiger partial charge in [-0.25, -0.2) is 0 Å². The van der Waals surface area contributed by atoms with Gasteiger partial charge in [-0.2, -0.15) is 0 Å². The van der Waals surface area contributed by atoms with Crippen molar-refractivity contribution in [2.75, 3.05) is 34.5 Å². The van der Waals surface area contributed by atoms with E-state index in [-0.39, 0.29) is 11.5 Å². The van der Waals surface area contributed by atoms with Crippen LogP contribution in [0, 0.1) is 0 Å². The molecular weight excluding hydrogens is 362 g/mol. The maximum absolute atomic E-state index is 12.4. The van der Waals surface area contributed by atoms with Gasteiger partial charge in [0.2, 0.25) is 5.75 Å². The minimum Gasteiger partial charge on any atom is -0.493 e. The lowest BCUT2D eigenvalue weighted by Crippen LogP contribution is -2.34. The summed E-state index contributed by atoms with van der Waals surface area (Å²) in [6, 6.07) is 3.31. The maximum atomic E-state index is 12.4. The van der Waals surface area contributed by atoms with E-state index >= 15 is 0 Å². The van der Waals surface area contributed by atoms with Crippen LogP contribution in [0.15, 0.2) is 17.0 Å². The van der Waals surface area contributed by atoms with E-state index in [0.717, 1.165) is 16.7 Å². The fourth-order valence-corrected chi connectivity index (χ4v) is 3.15. The second kappa shape index (κ2) is 8.61. The first kappa shape index (κ1) is 19.6. The SMILES string of the molecule is CCOC(=O)CN1C(=O)S/C(=C\c2cc(OC)c(OC)c(OC)c2)C1=O. The molecule has 1 aliphatic heterocycles. The van der Waals surface area contributed by atoms with Gasteiger partial charge in [0.1, 0.15) is 6.54 Å². The second-order valence-electron chi connectivity index (χ2n) is 5.03. The van der Waals surface area contributed by atoms with Crippen LogP contribution in [-0.4, -0.2) is 56.5 Å². The molecule has 0 saturated carbocycles. The predicted octanol–water partition coefficient (Wildman–Crippen LogP) is 2.31. The normalized spacial score (nSPS) is 15.4. The molecule has 1 aliphatic rings. The van der Waals surface area contributed by atoms with Gasteiger partial charge in [-0.05, 0) is 42.5 Å². The minimum absolute atomic E-state index is 0.177. The highest BCUT2D eigenvalue weighted by Crippen LogP contribution is 2.40. The Morgan fingerprint density at radius 1 is 1.12 bits per heavy atom. The standard InChI is InChI=1S/C17H19NO7S/c1-5-25-14(19)9-18-16(20)13(26-17(18)21)8-10-6-11(22-2)15(24-4)12(7-10)23-3/h6-8H,5,9H2,1-4H3/b13-8-. The van der Waals surface area contributed by atoms with Crippen LogP contribution in [0.25, 0.3) is 6.08 Å². The van der Waals surface area contributed by atoms with Gasteiger partial charge in [-0.3, -0.25) is 19.3 Å². The van der Waals surface area contributed by atoms with Crippen molar-refractivity contribution in [2.24, 2.45) is 0 Å². The summed E-state index contributed by atoms with van der Waals surface area (Å²) in [6.45, 7) is 1.41. The van der Waals surface area contributed by atoms with Crippen LogP contribution in [0.3, 0.4) is 0 Å². The summed E-state index contributed by atoms with van der Waals surface area (Å²) in [5.74, 6) is 0.0703. The number of benzene rings is 1. The van der Waals surface area contributed by atoms with E-state index < -0.39 is 23.7 Å². The van der Waals surface area contributed by atoms with Gasteiger partial charge in [0.15, 0.2) is 11.5 Å². The number of imide groups is 1. The molecule has 0 spiro atoms. The lowest BCUT2D eigenvalue weighted by atomic mass is 10.1. The number of nitrogens with zero attached hydrogens (tertiary/aromatic N) is 1. The molecule has 2 amide bonds. The van der Waals surface area contributed by atoms with Crippen molar-refractivity contribution in [1.29, 1.82) is 0 Å². The summed E-state index contributed by atoms with van der Waals surface area (Å²) >= 11 is 0.751. The number of hydrogen-bond acceptors (Lipinski definition) is 8. The van der Waals surface area contributed by atoms with E-state index in [1.807, 2.05) is 0 Å². The molecule has 0 aromatic heterocycles. The number of esters is 1. The zero-order valence-electron chi connectivity index (χ0n) is 14.9. The highest BCUT2D eigenvalue weighted by molar-refractivity contribution is 8.18. The van der Waals surface area contributed by atoms with Crippen LogP contribution in [0.5, 0.6) is 17.2 Å². The third kappa shape index (κ3) is 4.10. The molecule has 0 radical (unpaired) electrons. The van der Waals surface area contributed by atoms with Gasteiger partial charge < -0.3 is 18.9 Å². The quantitative estimate of drug-likeness (QED) is 0.525. The Morgan fingerprint density at radius 2 is 1.73 bits per heavy atom. The minimum atomic E-state index is -0.635. The molecule has 0 N–H and O–H groups in total. The van der Waals surface area contributed by atoms with E-state index in [0.29, 0.717) is 22.8 Å². The van der Waals surface area contributed by atoms with Crippen molar-refractivity contribution in [3.63, 3.8) is 0 Å². The van der Waals surface area contributed by atoms with Crippen LogP contribution in [-0.2, 0) is 14.3 Å². The van der Waals surface area contributed by atoms with Crippen molar-refractivity contribution < 1.29 is 33.3 Å². The average molecular weight is 381 g/mol. The fourth-order valence-electron chi connectivity index (χ4n) is 2.31. The molecule has 1 aromatic rings. The summed E-state index contributed by atoms with van der Waals surface area (Å²) in [4.78, 5) is 37.0. The third-order valence-corrected chi connectivity index (χ3v) is 4.36. The Labute approximate surface area is 155 Å². The maximum Gasteiger partial charge on any atom is 0.326 e. The molecule has 140 valence electrons. The number of amides is 2. The van der Waals surface area contributed by atoms with Crippen LogP contribution in [0.4, 0.5) is 4.79 Å². The first-order valence-electron chi connectivity index (χ1n) is 7.66. The van der Waals surface area contributed by atoms with Crippen molar-refractivity contribution in [2.45, 2.75) is 6.92 Å². The van der Waals surface area contributed by atoms with Crippen molar-refractivity contribution in [1.82, 2.24) is 4.90 Å². The fraction of sp³-hybridized carbons (Fsp3) is 0.353. The summed E-state index contributed by atoms with van der Waals surface area (Å²) in [5, 5.41) is -0.526. The second-order valence-corrected chi connectivity index (χ2v) is 6.02. The van der Waals surface area contributed by atoms with E-state index in [4.69, 9.17) is 18.9 Å². The van der Waals surface area contributed by atoms with Crippen LogP contribution < -0.4 is 14.2 Å². The van der Waals surface area contributed by atoms with E-state index in [9.17, 15) is 14.4 Å². The Kier molecular flexibility index (Phi) is 6.51.